The SMILES string of the molecule is CCNC(=NCCc1ccc(OC)cc1)NCCc1cccc(O)c1.I. The predicted octanol–water partition coefficient (Wildman–Crippen LogP) is 3.36. The van der Waals surface area contributed by atoms with E-state index in [1.54, 1.807) is 19.2 Å². The standard InChI is InChI=1S/C20H27N3O2.HI/c1-3-21-20(23-14-12-17-5-4-6-18(24)15-17)22-13-11-16-7-9-19(25-2)10-8-16;/h4-10,15,24H,3,11-14H2,1-2H3,(H2,21,22,23);1H. The molecule has 0 saturated heterocycles. The minimum atomic E-state index is 0. The van der Waals surface area contributed by atoms with Crippen molar-refractivity contribution in [2.45, 2.75) is 19.8 Å². The number of hydrogen-bond donors (Lipinski definition) is 3. The number of phenolic OH excluding ortho intramolecular Hbond substituents is 1. The smallest absolute Gasteiger partial charge is 0.191 e. The molecular formula is C20H28IN3O2. The second kappa shape index (κ2) is 12.4. The Labute approximate surface area is 172 Å². The van der Waals surface area contributed by atoms with Crippen molar-refractivity contribution in [1.29, 1.82) is 0 Å². The van der Waals surface area contributed by atoms with Gasteiger partial charge >= 0.3 is 0 Å². The number of halogens is 1. The quantitative estimate of drug-likeness (QED) is 0.315. The normalized spacial score (nSPS) is 10.8. The maximum Gasteiger partial charge on any atom is 0.191 e. The summed E-state index contributed by atoms with van der Waals surface area (Å²) >= 11 is 0. The molecule has 0 saturated carbocycles. The van der Waals surface area contributed by atoms with Gasteiger partial charge in [0.1, 0.15) is 11.5 Å². The number of rotatable bonds is 8. The van der Waals surface area contributed by atoms with Crippen molar-refractivity contribution in [3.8, 4) is 11.5 Å². The molecule has 0 radical (unpaired) electrons. The molecule has 26 heavy (non-hydrogen) atoms. The molecule has 5 nitrogen and oxygen atoms in total. The Morgan fingerprint density at radius 1 is 1.04 bits per heavy atom. The number of methoxy groups -OCH3 is 1. The summed E-state index contributed by atoms with van der Waals surface area (Å²) in [4.78, 5) is 4.61. The third-order valence-corrected chi connectivity index (χ3v) is 3.79. The highest BCUT2D eigenvalue weighted by atomic mass is 127. The monoisotopic (exact) mass is 469 g/mol. The Bertz CT molecular complexity index is 675. The highest BCUT2D eigenvalue weighted by molar-refractivity contribution is 14.0. The van der Waals surface area contributed by atoms with E-state index in [0.29, 0.717) is 12.3 Å². The van der Waals surface area contributed by atoms with Gasteiger partial charge < -0.3 is 20.5 Å². The summed E-state index contributed by atoms with van der Waals surface area (Å²) in [5, 5.41) is 16.1. The highest BCUT2D eigenvalue weighted by Gasteiger charge is 1.99. The summed E-state index contributed by atoms with van der Waals surface area (Å²) < 4.78 is 5.17. The molecule has 0 spiro atoms. The molecule has 0 heterocycles. The minimum absolute atomic E-state index is 0. The molecule has 0 aliphatic carbocycles. The van der Waals surface area contributed by atoms with Gasteiger partial charge in [-0.25, -0.2) is 0 Å². The third kappa shape index (κ3) is 7.95. The lowest BCUT2D eigenvalue weighted by Crippen LogP contribution is -2.38. The molecule has 0 amide bonds. The number of ether oxygens (including phenoxy) is 1. The zero-order valence-electron chi connectivity index (χ0n) is 15.4. The number of aromatic hydroxyl groups is 1. The Hall–Kier alpha value is -1.96. The number of benzene rings is 2. The predicted molar refractivity (Wildman–Crippen MR) is 118 cm³/mol. The van der Waals surface area contributed by atoms with Crippen LogP contribution in [0, 0.1) is 0 Å². The van der Waals surface area contributed by atoms with Gasteiger partial charge in [0, 0.05) is 19.6 Å². The molecule has 142 valence electrons. The topological polar surface area (TPSA) is 65.9 Å². The van der Waals surface area contributed by atoms with E-state index in [9.17, 15) is 5.11 Å². The van der Waals surface area contributed by atoms with Crippen LogP contribution in [0.1, 0.15) is 18.1 Å². The fourth-order valence-corrected chi connectivity index (χ4v) is 2.47. The average Bonchev–Trinajstić information content (AvgIpc) is 2.62. The van der Waals surface area contributed by atoms with E-state index >= 15 is 0 Å². The maximum absolute atomic E-state index is 9.50. The molecule has 0 bridgehead atoms. The van der Waals surface area contributed by atoms with Crippen LogP contribution in [0.5, 0.6) is 11.5 Å². The second-order valence-electron chi connectivity index (χ2n) is 5.71. The molecule has 0 fully saturated rings. The summed E-state index contributed by atoms with van der Waals surface area (Å²) in [6.45, 7) is 4.35. The van der Waals surface area contributed by atoms with E-state index in [-0.39, 0.29) is 24.0 Å². The van der Waals surface area contributed by atoms with Crippen LogP contribution in [0.2, 0.25) is 0 Å². The zero-order valence-corrected chi connectivity index (χ0v) is 17.7. The Morgan fingerprint density at radius 3 is 2.46 bits per heavy atom. The van der Waals surface area contributed by atoms with E-state index in [0.717, 1.165) is 43.2 Å². The van der Waals surface area contributed by atoms with Crippen LogP contribution >= 0.6 is 24.0 Å². The van der Waals surface area contributed by atoms with Crippen LogP contribution in [0.4, 0.5) is 0 Å². The molecule has 3 N–H and O–H groups in total. The first-order valence-electron chi connectivity index (χ1n) is 8.64. The van der Waals surface area contributed by atoms with Crippen LogP contribution in [0.25, 0.3) is 0 Å². The summed E-state index contributed by atoms with van der Waals surface area (Å²) in [6, 6.07) is 15.4. The van der Waals surface area contributed by atoms with Gasteiger partial charge in [0.2, 0.25) is 0 Å². The van der Waals surface area contributed by atoms with Gasteiger partial charge in [-0.1, -0.05) is 24.3 Å². The van der Waals surface area contributed by atoms with E-state index in [2.05, 4.69) is 34.7 Å². The van der Waals surface area contributed by atoms with Crippen LogP contribution in [-0.4, -0.2) is 37.8 Å². The van der Waals surface area contributed by atoms with Crippen molar-refractivity contribution in [1.82, 2.24) is 10.6 Å². The van der Waals surface area contributed by atoms with E-state index < -0.39 is 0 Å². The number of aliphatic imine (C=N–C) groups is 1. The first kappa shape index (κ1) is 22.1. The van der Waals surface area contributed by atoms with Gasteiger partial charge in [0.05, 0.1) is 7.11 Å². The van der Waals surface area contributed by atoms with Crippen molar-refractivity contribution < 1.29 is 9.84 Å². The van der Waals surface area contributed by atoms with E-state index in [1.165, 1.54) is 5.56 Å². The number of nitrogens with zero attached hydrogens (tertiary/aromatic N) is 1. The van der Waals surface area contributed by atoms with E-state index in [4.69, 9.17) is 4.74 Å². The molecule has 2 aromatic carbocycles. The second-order valence-corrected chi connectivity index (χ2v) is 5.71. The molecule has 0 unspecified atom stereocenters. The molecule has 0 aliphatic heterocycles. The molecule has 0 aromatic heterocycles. The Morgan fingerprint density at radius 2 is 1.81 bits per heavy atom. The van der Waals surface area contributed by atoms with Crippen molar-refractivity contribution in [3.05, 3.63) is 59.7 Å². The van der Waals surface area contributed by atoms with Crippen molar-refractivity contribution >= 4 is 29.9 Å². The van der Waals surface area contributed by atoms with Gasteiger partial charge in [-0.3, -0.25) is 4.99 Å². The molecule has 2 rings (SSSR count). The van der Waals surface area contributed by atoms with Gasteiger partial charge in [-0.05, 0) is 55.2 Å². The molecule has 6 heteroatoms. The first-order valence-corrected chi connectivity index (χ1v) is 8.64. The minimum Gasteiger partial charge on any atom is -0.508 e. The van der Waals surface area contributed by atoms with Gasteiger partial charge in [0.25, 0.3) is 0 Å². The largest absolute Gasteiger partial charge is 0.508 e. The molecule has 2 aromatic rings. The van der Waals surface area contributed by atoms with Crippen LogP contribution in [0.15, 0.2) is 53.5 Å². The number of hydrogen-bond acceptors (Lipinski definition) is 3. The zero-order chi connectivity index (χ0) is 17.9. The molecular weight excluding hydrogens is 441 g/mol. The first-order chi connectivity index (χ1) is 12.2. The van der Waals surface area contributed by atoms with Crippen LogP contribution in [0.3, 0.4) is 0 Å². The summed E-state index contributed by atoms with van der Waals surface area (Å²) in [7, 11) is 1.67. The third-order valence-electron chi connectivity index (χ3n) is 3.79. The Kier molecular flexibility index (Phi) is 10.5. The number of phenols is 1. The molecule has 0 aliphatic rings. The summed E-state index contributed by atoms with van der Waals surface area (Å²) in [5.41, 5.74) is 2.33. The average molecular weight is 469 g/mol. The fraction of sp³-hybridized carbons (Fsp3) is 0.350. The molecule has 0 atom stereocenters. The van der Waals surface area contributed by atoms with Crippen molar-refractivity contribution in [3.63, 3.8) is 0 Å². The van der Waals surface area contributed by atoms with E-state index in [1.807, 2.05) is 24.3 Å². The lowest BCUT2D eigenvalue weighted by atomic mass is 10.1. The van der Waals surface area contributed by atoms with Crippen LogP contribution in [-0.2, 0) is 12.8 Å². The summed E-state index contributed by atoms with van der Waals surface area (Å²) in [6.07, 6.45) is 1.71. The summed E-state index contributed by atoms with van der Waals surface area (Å²) in [5.74, 6) is 1.99. The highest BCUT2D eigenvalue weighted by Crippen LogP contribution is 2.12. The lowest BCUT2D eigenvalue weighted by Gasteiger charge is -2.11. The van der Waals surface area contributed by atoms with Gasteiger partial charge in [-0.15, -0.1) is 24.0 Å². The number of guanidine groups is 1. The van der Waals surface area contributed by atoms with Crippen molar-refractivity contribution in [2.24, 2.45) is 4.99 Å². The maximum atomic E-state index is 9.50. The lowest BCUT2D eigenvalue weighted by molar-refractivity contribution is 0.414. The van der Waals surface area contributed by atoms with Gasteiger partial charge in [-0.2, -0.15) is 0 Å². The Balaban J connectivity index is 0.00000338. The fourth-order valence-electron chi connectivity index (χ4n) is 2.47. The van der Waals surface area contributed by atoms with Crippen molar-refractivity contribution in [2.75, 3.05) is 26.7 Å². The number of nitrogens with one attached hydrogen (secondary N) is 2. The van der Waals surface area contributed by atoms with Gasteiger partial charge in [0.15, 0.2) is 5.96 Å². The van der Waals surface area contributed by atoms with Crippen LogP contribution < -0.4 is 15.4 Å².